The molecule has 0 radical (unpaired) electrons. The molecular formula is C16H29N5O2S. The van der Waals surface area contributed by atoms with Gasteiger partial charge in [0.05, 0.1) is 12.2 Å². The summed E-state index contributed by atoms with van der Waals surface area (Å²) in [6.07, 6.45) is 1.38. The number of aromatic nitrogens is 1. The minimum atomic E-state index is 0.00752. The summed E-state index contributed by atoms with van der Waals surface area (Å²) in [7, 11) is 5.36. The molecule has 1 aromatic heterocycles. The molecule has 0 bridgehead atoms. The minimum Gasteiger partial charge on any atom is -0.375 e. The van der Waals surface area contributed by atoms with Crippen molar-refractivity contribution < 1.29 is 9.53 Å². The van der Waals surface area contributed by atoms with Crippen LogP contribution >= 0.6 is 11.3 Å². The largest absolute Gasteiger partial charge is 0.375 e. The molecule has 1 amide bonds. The molecule has 1 rings (SSSR count). The first-order valence-corrected chi connectivity index (χ1v) is 9.05. The number of nitrogens with one attached hydrogen (secondary N) is 2. The van der Waals surface area contributed by atoms with E-state index in [1.54, 1.807) is 25.5 Å². The van der Waals surface area contributed by atoms with Crippen molar-refractivity contribution in [2.75, 3.05) is 34.3 Å². The third-order valence-corrected chi connectivity index (χ3v) is 4.51. The number of thiazole rings is 1. The highest BCUT2D eigenvalue weighted by atomic mass is 32.1. The molecule has 1 aromatic rings. The fourth-order valence-corrected chi connectivity index (χ4v) is 2.87. The molecule has 8 heteroatoms. The molecule has 1 unspecified atom stereocenters. The normalized spacial score (nSPS) is 12.8. The van der Waals surface area contributed by atoms with Crippen molar-refractivity contribution >= 4 is 23.2 Å². The van der Waals surface area contributed by atoms with Gasteiger partial charge in [0.2, 0.25) is 5.91 Å². The average molecular weight is 356 g/mol. The zero-order valence-corrected chi connectivity index (χ0v) is 16.1. The second kappa shape index (κ2) is 11.0. The number of nitrogens with zero attached hydrogens (tertiary/aromatic N) is 3. The van der Waals surface area contributed by atoms with E-state index in [2.05, 4.69) is 20.6 Å². The predicted octanol–water partition coefficient (Wildman–Crippen LogP) is 1.77. The number of guanidine groups is 1. The Hall–Kier alpha value is -1.67. The van der Waals surface area contributed by atoms with Crippen LogP contribution in [0.25, 0.3) is 0 Å². The van der Waals surface area contributed by atoms with Crippen LogP contribution in [0.1, 0.15) is 43.5 Å². The number of hydrogen-bond acceptors (Lipinski definition) is 5. The lowest BCUT2D eigenvalue weighted by molar-refractivity contribution is -0.120. The summed E-state index contributed by atoms with van der Waals surface area (Å²) in [5.74, 6) is 0.799. The number of rotatable bonds is 9. The molecule has 136 valence electrons. The quantitative estimate of drug-likeness (QED) is 0.521. The highest BCUT2D eigenvalue weighted by molar-refractivity contribution is 7.09. The van der Waals surface area contributed by atoms with Crippen molar-refractivity contribution in [1.29, 1.82) is 0 Å². The van der Waals surface area contributed by atoms with E-state index in [0.29, 0.717) is 19.5 Å². The maximum absolute atomic E-state index is 11.6. The van der Waals surface area contributed by atoms with Crippen LogP contribution in [0.5, 0.6) is 0 Å². The Bertz CT molecular complexity index is 532. The van der Waals surface area contributed by atoms with E-state index in [9.17, 15) is 4.79 Å². The zero-order chi connectivity index (χ0) is 17.9. The number of hydrogen-bond donors (Lipinski definition) is 2. The maximum atomic E-state index is 11.6. The second-order valence-corrected chi connectivity index (χ2v) is 6.37. The van der Waals surface area contributed by atoms with Crippen LogP contribution in [-0.2, 0) is 16.1 Å². The lowest BCUT2D eigenvalue weighted by Gasteiger charge is -2.21. The molecule has 0 aliphatic rings. The Morgan fingerprint density at radius 3 is 2.83 bits per heavy atom. The van der Waals surface area contributed by atoms with Crippen molar-refractivity contribution in [1.82, 2.24) is 20.5 Å². The molecule has 24 heavy (non-hydrogen) atoms. The fraction of sp³-hybridized carbons (Fsp3) is 0.688. The average Bonchev–Trinajstić information content (AvgIpc) is 3.04. The third kappa shape index (κ3) is 6.84. The van der Waals surface area contributed by atoms with Gasteiger partial charge in [0.15, 0.2) is 5.96 Å². The van der Waals surface area contributed by atoms with Gasteiger partial charge in [-0.1, -0.05) is 6.92 Å². The lowest BCUT2D eigenvalue weighted by Crippen LogP contribution is -2.40. The summed E-state index contributed by atoms with van der Waals surface area (Å²) in [6, 6.07) is 0. The molecule has 0 fully saturated rings. The van der Waals surface area contributed by atoms with Crippen molar-refractivity contribution in [2.24, 2.45) is 4.99 Å². The predicted molar refractivity (Wildman–Crippen MR) is 98.3 cm³/mol. The van der Waals surface area contributed by atoms with E-state index < -0.39 is 0 Å². The van der Waals surface area contributed by atoms with Crippen LogP contribution in [0.3, 0.4) is 0 Å². The molecule has 0 aliphatic carbocycles. The monoisotopic (exact) mass is 355 g/mol. The highest BCUT2D eigenvalue weighted by Gasteiger charge is 2.12. The van der Waals surface area contributed by atoms with Gasteiger partial charge in [0.1, 0.15) is 11.1 Å². The van der Waals surface area contributed by atoms with Gasteiger partial charge in [-0.25, -0.2) is 4.98 Å². The van der Waals surface area contributed by atoms with E-state index >= 15 is 0 Å². The number of carbonyl (C=O) groups excluding carboxylic acids is 1. The summed E-state index contributed by atoms with van der Waals surface area (Å²) in [5, 5.41) is 9.07. The van der Waals surface area contributed by atoms with Crippen LogP contribution in [0.2, 0.25) is 0 Å². The number of amides is 1. The summed E-state index contributed by atoms with van der Waals surface area (Å²) in [4.78, 5) is 22.4. The van der Waals surface area contributed by atoms with Crippen molar-refractivity contribution in [2.45, 2.75) is 39.3 Å². The van der Waals surface area contributed by atoms with Gasteiger partial charge in [0, 0.05) is 46.1 Å². The van der Waals surface area contributed by atoms with E-state index in [0.717, 1.165) is 29.6 Å². The number of methoxy groups -OCH3 is 1. The third-order valence-electron chi connectivity index (χ3n) is 3.45. The van der Waals surface area contributed by atoms with Crippen LogP contribution in [0, 0.1) is 0 Å². The van der Waals surface area contributed by atoms with Crippen molar-refractivity contribution in [3.05, 3.63) is 16.1 Å². The van der Waals surface area contributed by atoms with Gasteiger partial charge in [-0.3, -0.25) is 9.79 Å². The Morgan fingerprint density at radius 1 is 1.46 bits per heavy atom. The van der Waals surface area contributed by atoms with Crippen LogP contribution in [-0.4, -0.2) is 56.0 Å². The summed E-state index contributed by atoms with van der Waals surface area (Å²) < 4.78 is 5.29. The van der Waals surface area contributed by atoms with Crippen LogP contribution in [0.4, 0.5) is 0 Å². The molecule has 0 aromatic carbocycles. The number of ether oxygens (including phenoxy) is 1. The molecule has 1 atom stereocenters. The smallest absolute Gasteiger partial charge is 0.221 e. The topological polar surface area (TPSA) is 78.9 Å². The van der Waals surface area contributed by atoms with Gasteiger partial charge in [-0.2, -0.15) is 0 Å². The van der Waals surface area contributed by atoms with E-state index in [1.807, 2.05) is 31.2 Å². The first kappa shape index (κ1) is 20.4. The van der Waals surface area contributed by atoms with E-state index in [-0.39, 0.29) is 12.0 Å². The molecule has 0 saturated heterocycles. The first-order chi connectivity index (χ1) is 11.5. The lowest BCUT2D eigenvalue weighted by atomic mass is 10.3. The molecule has 2 N–H and O–H groups in total. The first-order valence-electron chi connectivity index (χ1n) is 8.17. The molecular weight excluding hydrogens is 326 g/mol. The van der Waals surface area contributed by atoms with E-state index in [1.165, 1.54) is 0 Å². The maximum Gasteiger partial charge on any atom is 0.221 e. The fourth-order valence-electron chi connectivity index (χ4n) is 2.03. The van der Waals surface area contributed by atoms with Crippen molar-refractivity contribution in [3.63, 3.8) is 0 Å². The second-order valence-electron chi connectivity index (χ2n) is 5.49. The van der Waals surface area contributed by atoms with Crippen molar-refractivity contribution in [3.8, 4) is 0 Å². The molecule has 1 heterocycles. The van der Waals surface area contributed by atoms with Gasteiger partial charge < -0.3 is 20.3 Å². The summed E-state index contributed by atoms with van der Waals surface area (Å²) in [6.45, 7) is 5.94. The highest BCUT2D eigenvalue weighted by Crippen LogP contribution is 2.20. The Labute approximate surface area is 148 Å². The van der Waals surface area contributed by atoms with Gasteiger partial charge in [0.25, 0.3) is 0 Å². The minimum absolute atomic E-state index is 0.00752. The molecule has 0 saturated carbocycles. The number of aliphatic imine (C=N–C) groups is 1. The van der Waals surface area contributed by atoms with Crippen LogP contribution < -0.4 is 10.6 Å². The Kier molecular flexibility index (Phi) is 9.33. The van der Waals surface area contributed by atoms with Gasteiger partial charge in [-0.05, 0) is 13.3 Å². The van der Waals surface area contributed by atoms with E-state index in [4.69, 9.17) is 4.74 Å². The standard InChI is InChI=1S/C16H29N5O2S/c1-6-8-18-14(22)7-9-19-16(17-3)21(4)10-13-11-24-15(20-13)12(2)23-5/h11-12H,6-10H2,1-5H3,(H,17,19)(H,18,22). The molecule has 7 nitrogen and oxygen atoms in total. The van der Waals surface area contributed by atoms with Gasteiger partial charge in [-0.15, -0.1) is 11.3 Å². The molecule has 0 aliphatic heterocycles. The summed E-state index contributed by atoms with van der Waals surface area (Å²) >= 11 is 1.60. The van der Waals surface area contributed by atoms with Crippen LogP contribution in [0.15, 0.2) is 10.4 Å². The Balaban J connectivity index is 2.45. The SMILES string of the molecule is CCCNC(=O)CCNC(=NC)N(C)Cc1csc(C(C)OC)n1. The Morgan fingerprint density at radius 2 is 2.21 bits per heavy atom. The summed E-state index contributed by atoms with van der Waals surface area (Å²) in [5.41, 5.74) is 0.977. The number of carbonyl (C=O) groups is 1. The zero-order valence-electron chi connectivity index (χ0n) is 15.3. The molecule has 0 spiro atoms. The van der Waals surface area contributed by atoms with Gasteiger partial charge >= 0.3 is 0 Å².